The zero-order valence-electron chi connectivity index (χ0n) is 12.9. The van der Waals surface area contributed by atoms with Crippen molar-refractivity contribution in [1.82, 2.24) is 5.32 Å². The molecule has 7 heteroatoms. The number of carbonyl (C=O) groups excluding carboxylic acids is 1. The molecule has 0 spiro atoms. The van der Waals surface area contributed by atoms with Crippen molar-refractivity contribution < 1.29 is 13.2 Å². The number of rotatable bonds is 7. The molecule has 0 aliphatic carbocycles. The van der Waals surface area contributed by atoms with Gasteiger partial charge in [0, 0.05) is 10.1 Å². The van der Waals surface area contributed by atoms with Crippen molar-refractivity contribution in [3.05, 3.63) is 22.4 Å². The molecule has 1 amide bonds. The summed E-state index contributed by atoms with van der Waals surface area (Å²) in [4.78, 5) is 13.3. The maximum atomic E-state index is 12.2. The first-order valence-corrected chi connectivity index (χ1v) is 11.3. The topological polar surface area (TPSA) is 63.2 Å². The predicted octanol–water partition coefficient (Wildman–Crippen LogP) is 2.87. The highest BCUT2D eigenvalue weighted by Gasteiger charge is 2.28. The van der Waals surface area contributed by atoms with Crippen LogP contribution in [0, 0.1) is 5.92 Å². The first kappa shape index (κ1) is 17.8. The molecule has 1 aliphatic rings. The molecule has 0 saturated carbocycles. The molecule has 1 saturated heterocycles. The number of hydrogen-bond acceptors (Lipinski definition) is 5. The Bertz CT molecular complexity index is 581. The summed E-state index contributed by atoms with van der Waals surface area (Å²) in [6, 6.07) is 4.10. The molecule has 1 aliphatic heterocycles. The summed E-state index contributed by atoms with van der Waals surface area (Å²) in [6.45, 7) is 4.29. The van der Waals surface area contributed by atoms with Crippen molar-refractivity contribution in [2.24, 2.45) is 5.92 Å². The van der Waals surface area contributed by atoms with Crippen LogP contribution in [0.5, 0.6) is 0 Å². The number of carbonyl (C=O) groups is 1. The molecule has 0 radical (unpaired) electrons. The van der Waals surface area contributed by atoms with Gasteiger partial charge in [-0.05, 0) is 30.2 Å². The summed E-state index contributed by atoms with van der Waals surface area (Å²) in [5, 5.41) is 5.19. The minimum Gasteiger partial charge on any atom is -0.348 e. The van der Waals surface area contributed by atoms with E-state index in [1.165, 1.54) is 16.6 Å². The van der Waals surface area contributed by atoms with Crippen molar-refractivity contribution in [2.45, 2.75) is 38.0 Å². The largest absolute Gasteiger partial charge is 0.348 e. The van der Waals surface area contributed by atoms with E-state index >= 15 is 0 Å². The minimum absolute atomic E-state index is 0.00616. The molecule has 1 aromatic rings. The van der Waals surface area contributed by atoms with E-state index in [-0.39, 0.29) is 28.7 Å². The van der Waals surface area contributed by atoms with Gasteiger partial charge in [0.1, 0.15) is 0 Å². The summed E-state index contributed by atoms with van der Waals surface area (Å²) in [7, 11) is -2.87. The van der Waals surface area contributed by atoms with Crippen molar-refractivity contribution >= 4 is 38.8 Å². The zero-order valence-corrected chi connectivity index (χ0v) is 15.4. The summed E-state index contributed by atoms with van der Waals surface area (Å²) in [6.07, 6.45) is 1.58. The van der Waals surface area contributed by atoms with Gasteiger partial charge < -0.3 is 5.32 Å². The highest BCUT2D eigenvalue weighted by atomic mass is 32.2. The van der Waals surface area contributed by atoms with E-state index in [9.17, 15) is 13.2 Å². The average Bonchev–Trinajstić information content (AvgIpc) is 3.04. The number of thioether (sulfide) groups is 1. The number of amides is 1. The molecule has 124 valence electrons. The lowest BCUT2D eigenvalue weighted by Gasteiger charge is -2.20. The van der Waals surface area contributed by atoms with E-state index in [0.717, 1.165) is 6.42 Å². The van der Waals surface area contributed by atoms with Gasteiger partial charge in [-0.2, -0.15) is 0 Å². The maximum Gasteiger partial charge on any atom is 0.230 e. The van der Waals surface area contributed by atoms with Gasteiger partial charge in [0.15, 0.2) is 9.84 Å². The molecule has 4 nitrogen and oxygen atoms in total. The van der Waals surface area contributed by atoms with Gasteiger partial charge in [-0.25, -0.2) is 8.42 Å². The highest BCUT2D eigenvalue weighted by Crippen LogP contribution is 2.27. The maximum absolute atomic E-state index is 12.2. The van der Waals surface area contributed by atoms with Gasteiger partial charge in [0.25, 0.3) is 0 Å². The summed E-state index contributed by atoms with van der Waals surface area (Å²) in [5.74, 6) is 1.30. The summed E-state index contributed by atoms with van der Waals surface area (Å²) in [5.41, 5.74) is 0. The van der Waals surface area contributed by atoms with Crippen molar-refractivity contribution in [1.29, 1.82) is 0 Å². The van der Waals surface area contributed by atoms with Crippen LogP contribution in [0.4, 0.5) is 0 Å². The molecule has 1 N–H and O–H groups in total. The highest BCUT2D eigenvalue weighted by molar-refractivity contribution is 8.02. The predicted molar refractivity (Wildman–Crippen MR) is 94.2 cm³/mol. The van der Waals surface area contributed by atoms with Gasteiger partial charge in [-0.3, -0.25) is 4.79 Å². The molecule has 2 atom stereocenters. The first-order chi connectivity index (χ1) is 10.4. The zero-order chi connectivity index (χ0) is 16.2. The molecular weight excluding hydrogens is 338 g/mol. The molecule has 2 rings (SSSR count). The van der Waals surface area contributed by atoms with E-state index in [0.29, 0.717) is 18.1 Å². The number of thiophene rings is 1. The van der Waals surface area contributed by atoms with E-state index in [1.54, 1.807) is 11.3 Å². The van der Waals surface area contributed by atoms with Crippen LogP contribution in [-0.2, 0) is 14.6 Å². The van der Waals surface area contributed by atoms with Gasteiger partial charge in [-0.1, -0.05) is 19.9 Å². The standard InChI is InChI=1S/C15H23NO3S3/c1-11(2)8-13(14-4-3-6-20-14)16-15(17)9-21-12-5-7-22(18,19)10-12/h3-4,6,11-13H,5,7-10H2,1-2H3,(H,16,17)/t12-,13+/m0/s1. The van der Waals surface area contributed by atoms with E-state index in [4.69, 9.17) is 0 Å². The Balaban J connectivity index is 1.83. The SMILES string of the molecule is CC(C)C[C@@H](NC(=O)CS[C@H]1CCS(=O)(=O)C1)c1cccs1. The molecule has 2 heterocycles. The van der Waals surface area contributed by atoms with Crippen molar-refractivity contribution in [3.8, 4) is 0 Å². The Morgan fingerprint density at radius 1 is 1.50 bits per heavy atom. The third kappa shape index (κ3) is 5.59. The Morgan fingerprint density at radius 3 is 2.82 bits per heavy atom. The number of hydrogen-bond donors (Lipinski definition) is 1. The van der Waals surface area contributed by atoms with Crippen LogP contribution in [0.25, 0.3) is 0 Å². The smallest absolute Gasteiger partial charge is 0.230 e. The summed E-state index contributed by atoms with van der Waals surface area (Å²) >= 11 is 3.12. The second-order valence-electron chi connectivity index (χ2n) is 6.10. The quantitative estimate of drug-likeness (QED) is 0.811. The number of sulfone groups is 1. The molecule has 1 aromatic heterocycles. The fourth-order valence-corrected chi connectivity index (χ4v) is 6.77. The average molecular weight is 362 g/mol. The van der Waals surface area contributed by atoms with Crippen LogP contribution < -0.4 is 5.32 Å². The van der Waals surface area contributed by atoms with Crippen LogP contribution in [0.2, 0.25) is 0 Å². The molecule has 0 bridgehead atoms. The van der Waals surface area contributed by atoms with E-state index < -0.39 is 9.84 Å². The van der Waals surface area contributed by atoms with Gasteiger partial charge in [-0.15, -0.1) is 23.1 Å². The fourth-order valence-electron chi connectivity index (χ4n) is 2.53. The lowest BCUT2D eigenvalue weighted by atomic mass is 10.0. The third-order valence-electron chi connectivity index (χ3n) is 3.57. The molecule has 0 aromatic carbocycles. The van der Waals surface area contributed by atoms with Crippen molar-refractivity contribution in [2.75, 3.05) is 17.3 Å². The Morgan fingerprint density at radius 2 is 2.27 bits per heavy atom. The number of nitrogens with one attached hydrogen (secondary N) is 1. The molecule has 0 unspecified atom stereocenters. The third-order valence-corrected chi connectivity index (χ3v) is 7.84. The lowest BCUT2D eigenvalue weighted by Crippen LogP contribution is -2.31. The van der Waals surface area contributed by atoms with E-state index in [1.807, 2.05) is 11.4 Å². The van der Waals surface area contributed by atoms with Crippen molar-refractivity contribution in [3.63, 3.8) is 0 Å². The van der Waals surface area contributed by atoms with Crippen LogP contribution in [0.3, 0.4) is 0 Å². The molecule has 22 heavy (non-hydrogen) atoms. The Kier molecular flexibility index (Phi) is 6.35. The monoisotopic (exact) mass is 361 g/mol. The van der Waals surface area contributed by atoms with E-state index in [2.05, 4.69) is 25.2 Å². The minimum atomic E-state index is -2.87. The lowest BCUT2D eigenvalue weighted by molar-refractivity contribution is -0.119. The van der Waals surface area contributed by atoms with Crippen LogP contribution in [-0.4, -0.2) is 36.8 Å². The van der Waals surface area contributed by atoms with Crippen LogP contribution in [0.1, 0.15) is 37.6 Å². The van der Waals surface area contributed by atoms with Crippen LogP contribution >= 0.6 is 23.1 Å². The Labute approximate surface area is 141 Å². The van der Waals surface area contributed by atoms with Gasteiger partial charge in [0.05, 0.1) is 23.3 Å². The van der Waals surface area contributed by atoms with Crippen LogP contribution in [0.15, 0.2) is 17.5 Å². The van der Waals surface area contributed by atoms with Gasteiger partial charge in [0.2, 0.25) is 5.91 Å². The molecule has 1 fully saturated rings. The normalized spacial score (nSPS) is 21.9. The first-order valence-electron chi connectivity index (χ1n) is 7.50. The summed E-state index contributed by atoms with van der Waals surface area (Å²) < 4.78 is 22.9. The second-order valence-corrected chi connectivity index (χ2v) is 10.6. The molecular formula is C15H23NO3S3. The Hall–Kier alpha value is -0.530. The fraction of sp³-hybridized carbons (Fsp3) is 0.667. The second kappa shape index (κ2) is 7.84. The van der Waals surface area contributed by atoms with Gasteiger partial charge >= 0.3 is 0 Å².